The summed E-state index contributed by atoms with van der Waals surface area (Å²) in [5.41, 5.74) is 10.8. The first-order valence-corrected chi connectivity index (χ1v) is 4.74. The molecule has 2 aromatic rings. The highest BCUT2D eigenvalue weighted by Crippen LogP contribution is 2.25. The van der Waals surface area contributed by atoms with Crippen LogP contribution in [0.3, 0.4) is 0 Å². The predicted molar refractivity (Wildman–Crippen MR) is 62.3 cm³/mol. The molecule has 0 aromatic heterocycles. The van der Waals surface area contributed by atoms with Crippen LogP contribution in [0.1, 0.15) is 0 Å². The van der Waals surface area contributed by atoms with Gasteiger partial charge in [0.2, 0.25) is 0 Å². The molecule has 4 heteroatoms. The van der Waals surface area contributed by atoms with Crippen molar-refractivity contribution in [2.45, 2.75) is 0 Å². The summed E-state index contributed by atoms with van der Waals surface area (Å²) < 4.78 is 0. The van der Waals surface area contributed by atoms with E-state index in [4.69, 9.17) is 5.53 Å². The SMILES string of the molecule is [N-]=[N+]=Nc1cccc(-c2ccc(O)cc2)c1. The number of hydrogen-bond acceptors (Lipinski definition) is 2. The van der Waals surface area contributed by atoms with E-state index in [0.29, 0.717) is 5.69 Å². The number of aromatic hydroxyl groups is 1. The molecule has 0 aliphatic carbocycles. The van der Waals surface area contributed by atoms with E-state index in [9.17, 15) is 5.11 Å². The Morgan fingerprint density at radius 3 is 2.44 bits per heavy atom. The number of phenols is 1. The molecule has 0 aliphatic rings. The average Bonchev–Trinajstić information content (AvgIpc) is 2.31. The summed E-state index contributed by atoms with van der Waals surface area (Å²) in [7, 11) is 0. The summed E-state index contributed by atoms with van der Waals surface area (Å²) in [6.45, 7) is 0. The minimum absolute atomic E-state index is 0.231. The summed E-state index contributed by atoms with van der Waals surface area (Å²) in [5, 5.41) is 12.7. The second-order valence-electron chi connectivity index (χ2n) is 3.29. The second kappa shape index (κ2) is 4.38. The molecule has 2 rings (SSSR count). The normalized spacial score (nSPS) is 9.50. The van der Waals surface area contributed by atoms with Gasteiger partial charge < -0.3 is 5.11 Å². The molecule has 0 fully saturated rings. The molecule has 0 radical (unpaired) electrons. The first-order valence-electron chi connectivity index (χ1n) is 4.74. The van der Waals surface area contributed by atoms with Crippen molar-refractivity contribution in [1.29, 1.82) is 0 Å². The number of rotatable bonds is 2. The van der Waals surface area contributed by atoms with Crippen molar-refractivity contribution in [3.63, 3.8) is 0 Å². The summed E-state index contributed by atoms with van der Waals surface area (Å²) in [6, 6.07) is 14.1. The smallest absolute Gasteiger partial charge is 0.115 e. The Hall–Kier alpha value is -2.45. The van der Waals surface area contributed by atoms with Gasteiger partial charge in [-0.1, -0.05) is 35.4 Å². The Labute approximate surface area is 92.4 Å². The van der Waals surface area contributed by atoms with E-state index in [0.717, 1.165) is 11.1 Å². The molecule has 4 nitrogen and oxygen atoms in total. The van der Waals surface area contributed by atoms with E-state index in [-0.39, 0.29) is 5.75 Å². The topological polar surface area (TPSA) is 69.0 Å². The molecule has 78 valence electrons. The largest absolute Gasteiger partial charge is 0.508 e. The van der Waals surface area contributed by atoms with Gasteiger partial charge in [0.05, 0.1) is 0 Å². The average molecular weight is 211 g/mol. The standard InChI is InChI=1S/C12H9N3O/c13-15-14-11-3-1-2-10(8-11)9-4-6-12(16)7-5-9/h1-8,16H. The maximum Gasteiger partial charge on any atom is 0.115 e. The summed E-state index contributed by atoms with van der Waals surface area (Å²) >= 11 is 0. The van der Waals surface area contributed by atoms with Crippen molar-refractivity contribution in [2.24, 2.45) is 5.11 Å². The van der Waals surface area contributed by atoms with Crippen LogP contribution in [0, 0.1) is 0 Å². The van der Waals surface area contributed by atoms with Gasteiger partial charge in [-0.05, 0) is 34.9 Å². The molecule has 0 amide bonds. The Morgan fingerprint density at radius 1 is 1.00 bits per heavy atom. The van der Waals surface area contributed by atoms with Crippen LogP contribution in [0.5, 0.6) is 5.75 Å². The van der Waals surface area contributed by atoms with Crippen LogP contribution in [0.4, 0.5) is 5.69 Å². The van der Waals surface area contributed by atoms with E-state index in [1.54, 1.807) is 24.3 Å². The van der Waals surface area contributed by atoms with E-state index in [2.05, 4.69) is 10.0 Å². The lowest BCUT2D eigenvalue weighted by atomic mass is 10.1. The van der Waals surface area contributed by atoms with Crippen LogP contribution in [-0.4, -0.2) is 5.11 Å². The molecule has 0 spiro atoms. The van der Waals surface area contributed by atoms with Crippen molar-refractivity contribution in [3.8, 4) is 16.9 Å². The minimum atomic E-state index is 0.231. The maximum atomic E-state index is 9.18. The fourth-order valence-electron chi connectivity index (χ4n) is 1.45. The predicted octanol–water partition coefficient (Wildman–Crippen LogP) is 4.00. The molecule has 2 aromatic carbocycles. The van der Waals surface area contributed by atoms with Gasteiger partial charge in [-0.2, -0.15) is 0 Å². The highest BCUT2D eigenvalue weighted by Gasteiger charge is 1.98. The maximum absolute atomic E-state index is 9.18. The highest BCUT2D eigenvalue weighted by atomic mass is 16.3. The van der Waals surface area contributed by atoms with E-state index < -0.39 is 0 Å². The number of hydrogen-bond donors (Lipinski definition) is 1. The lowest BCUT2D eigenvalue weighted by Crippen LogP contribution is -1.76. The minimum Gasteiger partial charge on any atom is -0.508 e. The Kier molecular flexibility index (Phi) is 2.76. The highest BCUT2D eigenvalue weighted by molar-refractivity contribution is 5.67. The number of phenolic OH excluding ortho intramolecular Hbond substituents is 1. The summed E-state index contributed by atoms with van der Waals surface area (Å²) in [4.78, 5) is 2.74. The number of benzene rings is 2. The molecule has 0 aliphatic heterocycles. The molecule has 0 atom stereocenters. The number of nitrogens with zero attached hydrogens (tertiary/aromatic N) is 3. The zero-order chi connectivity index (χ0) is 11.4. The third-order valence-corrected chi connectivity index (χ3v) is 2.21. The fraction of sp³-hybridized carbons (Fsp3) is 0. The van der Waals surface area contributed by atoms with Crippen molar-refractivity contribution in [3.05, 3.63) is 59.0 Å². The molecular formula is C12H9N3O. The fourth-order valence-corrected chi connectivity index (χ4v) is 1.45. The Bertz CT molecular complexity index is 542. The monoisotopic (exact) mass is 211 g/mol. The van der Waals surface area contributed by atoms with Gasteiger partial charge in [0, 0.05) is 10.6 Å². The molecule has 0 heterocycles. The van der Waals surface area contributed by atoms with Gasteiger partial charge in [0.25, 0.3) is 0 Å². The van der Waals surface area contributed by atoms with E-state index in [1.165, 1.54) is 0 Å². The third-order valence-electron chi connectivity index (χ3n) is 2.21. The van der Waals surface area contributed by atoms with Crippen LogP contribution < -0.4 is 0 Å². The van der Waals surface area contributed by atoms with Gasteiger partial charge in [0.15, 0.2) is 0 Å². The summed E-state index contributed by atoms with van der Waals surface area (Å²) in [5.74, 6) is 0.231. The third kappa shape index (κ3) is 2.13. The van der Waals surface area contributed by atoms with Crippen LogP contribution in [0.2, 0.25) is 0 Å². The van der Waals surface area contributed by atoms with Gasteiger partial charge in [0.1, 0.15) is 5.75 Å². The molecule has 0 saturated heterocycles. The zero-order valence-corrected chi connectivity index (χ0v) is 8.41. The van der Waals surface area contributed by atoms with Crippen molar-refractivity contribution in [1.82, 2.24) is 0 Å². The second-order valence-corrected chi connectivity index (χ2v) is 3.29. The van der Waals surface area contributed by atoms with Crippen LogP contribution in [-0.2, 0) is 0 Å². The zero-order valence-electron chi connectivity index (χ0n) is 8.41. The van der Waals surface area contributed by atoms with E-state index in [1.807, 2.05) is 24.3 Å². The lowest BCUT2D eigenvalue weighted by Gasteiger charge is -2.02. The van der Waals surface area contributed by atoms with E-state index >= 15 is 0 Å². The molecule has 0 saturated carbocycles. The molecule has 0 unspecified atom stereocenters. The molecule has 16 heavy (non-hydrogen) atoms. The lowest BCUT2D eigenvalue weighted by molar-refractivity contribution is 0.475. The van der Waals surface area contributed by atoms with Crippen molar-refractivity contribution < 1.29 is 5.11 Å². The Morgan fingerprint density at radius 2 is 1.75 bits per heavy atom. The van der Waals surface area contributed by atoms with Crippen LogP contribution in [0.15, 0.2) is 53.6 Å². The first-order chi connectivity index (χ1) is 7.79. The number of azide groups is 1. The van der Waals surface area contributed by atoms with Gasteiger partial charge in [-0.3, -0.25) is 0 Å². The first kappa shape index (κ1) is 10.1. The van der Waals surface area contributed by atoms with Gasteiger partial charge in [-0.25, -0.2) is 0 Å². The molecule has 0 bridgehead atoms. The van der Waals surface area contributed by atoms with Crippen molar-refractivity contribution >= 4 is 5.69 Å². The summed E-state index contributed by atoms with van der Waals surface area (Å²) in [6.07, 6.45) is 0. The molecule has 1 N–H and O–H groups in total. The molecular weight excluding hydrogens is 202 g/mol. The van der Waals surface area contributed by atoms with Crippen molar-refractivity contribution in [2.75, 3.05) is 0 Å². The van der Waals surface area contributed by atoms with Gasteiger partial charge in [-0.15, -0.1) is 0 Å². The van der Waals surface area contributed by atoms with Crippen LogP contribution >= 0.6 is 0 Å². The Balaban J connectivity index is 2.43. The van der Waals surface area contributed by atoms with Gasteiger partial charge >= 0.3 is 0 Å². The quantitative estimate of drug-likeness (QED) is 0.455. The van der Waals surface area contributed by atoms with Crippen LogP contribution in [0.25, 0.3) is 21.6 Å².